The van der Waals surface area contributed by atoms with Crippen LogP contribution in [0.2, 0.25) is 0 Å². The Morgan fingerprint density at radius 1 is 1.17 bits per heavy atom. The highest BCUT2D eigenvalue weighted by atomic mass is 16.5. The Balaban J connectivity index is 2.46. The molecule has 0 aromatic heterocycles. The van der Waals surface area contributed by atoms with Crippen molar-refractivity contribution in [3.05, 3.63) is 41.0 Å². The molecule has 1 aliphatic rings. The minimum absolute atomic E-state index is 0.0158. The largest absolute Gasteiger partial charge is 0.507 e. The Kier molecular flexibility index (Phi) is 9.01. The van der Waals surface area contributed by atoms with Crippen LogP contribution in [-0.4, -0.2) is 22.8 Å². The van der Waals surface area contributed by atoms with Crippen LogP contribution >= 0.6 is 0 Å². The smallest absolute Gasteiger partial charge is 0.342 e. The number of hydrogen-bond acceptors (Lipinski definition) is 4. The topological polar surface area (TPSA) is 66.8 Å². The SMILES string of the molecule is C=C(C)[C@@H]1CCC(C)C=C1c1c(O)cc(CCC)c(C(=O)OCCCCCC)c1O. The molecule has 0 aliphatic heterocycles. The van der Waals surface area contributed by atoms with E-state index in [2.05, 4.69) is 26.5 Å². The standard InChI is InChI=1S/C26H38O4/c1-6-8-9-10-14-30-26(29)23-19(11-7-2)16-22(27)24(25(23)28)21-15-18(5)12-13-20(21)17(3)4/h15-16,18,20,27-28H,3,6-14H2,1-2,4-5H3/t18?,20-/m0/s1. The molecule has 1 aliphatic carbocycles. The van der Waals surface area contributed by atoms with Gasteiger partial charge >= 0.3 is 5.97 Å². The van der Waals surface area contributed by atoms with E-state index < -0.39 is 5.97 Å². The molecular formula is C26H38O4. The van der Waals surface area contributed by atoms with E-state index in [1.54, 1.807) is 6.07 Å². The van der Waals surface area contributed by atoms with Gasteiger partial charge in [-0.1, -0.05) is 64.7 Å². The van der Waals surface area contributed by atoms with Crippen LogP contribution in [0.5, 0.6) is 11.5 Å². The molecule has 1 aromatic carbocycles. The molecule has 1 aromatic rings. The average molecular weight is 415 g/mol. The highest BCUT2D eigenvalue weighted by molar-refractivity contribution is 5.97. The van der Waals surface area contributed by atoms with E-state index in [4.69, 9.17) is 4.74 Å². The maximum Gasteiger partial charge on any atom is 0.342 e. The number of unbranched alkanes of at least 4 members (excludes halogenated alkanes) is 3. The van der Waals surface area contributed by atoms with E-state index in [0.717, 1.165) is 56.1 Å². The number of aryl methyl sites for hydroxylation is 1. The minimum Gasteiger partial charge on any atom is -0.507 e. The summed E-state index contributed by atoms with van der Waals surface area (Å²) in [6.45, 7) is 12.7. The number of phenolic OH excluding ortho intramolecular Hbond substituents is 2. The molecular weight excluding hydrogens is 376 g/mol. The summed E-state index contributed by atoms with van der Waals surface area (Å²) in [4.78, 5) is 12.9. The Morgan fingerprint density at radius 2 is 1.90 bits per heavy atom. The molecule has 0 heterocycles. The Bertz CT molecular complexity index is 791. The fraction of sp³-hybridized carbons (Fsp3) is 0.577. The summed E-state index contributed by atoms with van der Waals surface area (Å²) in [5.41, 5.74) is 3.03. The zero-order valence-electron chi connectivity index (χ0n) is 19.1. The van der Waals surface area contributed by atoms with E-state index in [-0.39, 0.29) is 23.0 Å². The highest BCUT2D eigenvalue weighted by Crippen LogP contribution is 2.47. The van der Waals surface area contributed by atoms with Crippen molar-refractivity contribution >= 4 is 11.5 Å². The lowest BCUT2D eigenvalue weighted by molar-refractivity contribution is 0.0493. The van der Waals surface area contributed by atoms with Crippen LogP contribution in [0.15, 0.2) is 24.3 Å². The number of allylic oxidation sites excluding steroid dienone is 3. The fourth-order valence-corrected chi connectivity index (χ4v) is 4.31. The van der Waals surface area contributed by atoms with Crippen LogP contribution < -0.4 is 0 Å². The number of benzene rings is 1. The van der Waals surface area contributed by atoms with Gasteiger partial charge in [0.2, 0.25) is 0 Å². The van der Waals surface area contributed by atoms with Gasteiger partial charge in [-0.25, -0.2) is 4.79 Å². The molecule has 2 rings (SSSR count). The van der Waals surface area contributed by atoms with Gasteiger partial charge in [-0.3, -0.25) is 0 Å². The third-order valence-corrected chi connectivity index (χ3v) is 5.95. The molecule has 166 valence electrons. The lowest BCUT2D eigenvalue weighted by Gasteiger charge is -2.29. The van der Waals surface area contributed by atoms with Crippen molar-refractivity contribution in [1.29, 1.82) is 0 Å². The molecule has 0 fully saturated rings. The Hall–Kier alpha value is -2.23. The van der Waals surface area contributed by atoms with Crippen LogP contribution in [0.1, 0.15) is 94.1 Å². The second kappa shape index (κ2) is 11.2. The third kappa shape index (κ3) is 5.68. The summed E-state index contributed by atoms with van der Waals surface area (Å²) >= 11 is 0. The number of aromatic hydroxyl groups is 2. The molecule has 4 heteroatoms. The summed E-state index contributed by atoms with van der Waals surface area (Å²) in [6, 6.07) is 1.63. The number of hydrogen-bond donors (Lipinski definition) is 2. The number of phenols is 2. The van der Waals surface area contributed by atoms with Gasteiger partial charge in [-0.15, -0.1) is 0 Å². The summed E-state index contributed by atoms with van der Waals surface area (Å²) in [7, 11) is 0. The van der Waals surface area contributed by atoms with Crippen molar-refractivity contribution in [1.82, 2.24) is 0 Å². The molecule has 2 N–H and O–H groups in total. The van der Waals surface area contributed by atoms with Gasteiger partial charge in [0.1, 0.15) is 17.1 Å². The predicted octanol–water partition coefficient (Wildman–Crippen LogP) is 6.79. The van der Waals surface area contributed by atoms with E-state index in [1.165, 1.54) is 0 Å². The van der Waals surface area contributed by atoms with Crippen molar-refractivity contribution in [3.63, 3.8) is 0 Å². The summed E-state index contributed by atoms with van der Waals surface area (Å²) < 4.78 is 5.50. The summed E-state index contributed by atoms with van der Waals surface area (Å²) in [5.74, 6) is -0.276. The van der Waals surface area contributed by atoms with Crippen molar-refractivity contribution in [2.24, 2.45) is 11.8 Å². The van der Waals surface area contributed by atoms with Crippen molar-refractivity contribution < 1.29 is 19.7 Å². The maximum absolute atomic E-state index is 12.9. The first kappa shape index (κ1) is 24.0. The minimum atomic E-state index is -0.509. The van der Waals surface area contributed by atoms with Crippen LogP contribution in [0.3, 0.4) is 0 Å². The Labute approximate surface area is 181 Å². The predicted molar refractivity (Wildman–Crippen MR) is 123 cm³/mol. The first-order valence-electron chi connectivity index (χ1n) is 11.4. The highest BCUT2D eigenvalue weighted by Gasteiger charge is 2.30. The van der Waals surface area contributed by atoms with Gasteiger partial charge in [0, 0.05) is 5.92 Å². The van der Waals surface area contributed by atoms with E-state index in [0.29, 0.717) is 30.1 Å². The van der Waals surface area contributed by atoms with Gasteiger partial charge in [0.25, 0.3) is 0 Å². The van der Waals surface area contributed by atoms with Gasteiger partial charge < -0.3 is 14.9 Å². The van der Waals surface area contributed by atoms with Gasteiger partial charge in [-0.05, 0) is 55.7 Å². The first-order valence-corrected chi connectivity index (χ1v) is 11.4. The molecule has 4 nitrogen and oxygen atoms in total. The van der Waals surface area contributed by atoms with E-state index >= 15 is 0 Å². The van der Waals surface area contributed by atoms with Crippen LogP contribution in [0, 0.1) is 11.8 Å². The molecule has 30 heavy (non-hydrogen) atoms. The van der Waals surface area contributed by atoms with Crippen LogP contribution in [0.4, 0.5) is 0 Å². The van der Waals surface area contributed by atoms with E-state index in [1.807, 2.05) is 13.8 Å². The molecule has 1 unspecified atom stereocenters. The van der Waals surface area contributed by atoms with Crippen molar-refractivity contribution in [2.45, 2.75) is 79.1 Å². The zero-order valence-corrected chi connectivity index (χ0v) is 19.1. The summed E-state index contributed by atoms with van der Waals surface area (Å²) in [5, 5.41) is 22.0. The van der Waals surface area contributed by atoms with Crippen LogP contribution in [0.25, 0.3) is 5.57 Å². The van der Waals surface area contributed by atoms with Crippen molar-refractivity contribution in [3.8, 4) is 11.5 Å². The lowest BCUT2D eigenvalue weighted by Crippen LogP contribution is -2.15. The molecule has 0 saturated heterocycles. The second-order valence-corrected chi connectivity index (χ2v) is 8.68. The lowest BCUT2D eigenvalue weighted by atomic mass is 9.76. The zero-order chi connectivity index (χ0) is 22.3. The van der Waals surface area contributed by atoms with Gasteiger partial charge in [0.05, 0.1) is 12.2 Å². The normalized spacial score (nSPS) is 18.7. The van der Waals surface area contributed by atoms with Crippen molar-refractivity contribution in [2.75, 3.05) is 6.61 Å². The fourth-order valence-electron chi connectivity index (χ4n) is 4.31. The monoisotopic (exact) mass is 414 g/mol. The number of esters is 1. The average Bonchev–Trinajstić information content (AvgIpc) is 2.67. The molecule has 0 bridgehead atoms. The first-order chi connectivity index (χ1) is 14.3. The quantitative estimate of drug-likeness (QED) is 0.251. The third-order valence-electron chi connectivity index (χ3n) is 5.95. The molecule has 0 radical (unpaired) electrons. The maximum atomic E-state index is 12.9. The van der Waals surface area contributed by atoms with Gasteiger partial charge in [-0.2, -0.15) is 0 Å². The van der Waals surface area contributed by atoms with E-state index in [9.17, 15) is 15.0 Å². The molecule has 0 saturated carbocycles. The summed E-state index contributed by atoms with van der Waals surface area (Å²) in [6.07, 6.45) is 9.48. The Morgan fingerprint density at radius 3 is 2.53 bits per heavy atom. The van der Waals surface area contributed by atoms with Gasteiger partial charge in [0.15, 0.2) is 0 Å². The number of carbonyl (C=O) groups is 1. The number of rotatable bonds is 10. The molecule has 2 atom stereocenters. The molecule has 0 spiro atoms. The number of carbonyl (C=O) groups excluding carboxylic acids is 1. The second-order valence-electron chi connectivity index (χ2n) is 8.68. The van der Waals surface area contributed by atoms with Crippen LogP contribution in [-0.2, 0) is 11.2 Å². The number of ether oxygens (including phenoxy) is 1. The molecule has 0 amide bonds.